The van der Waals surface area contributed by atoms with Gasteiger partial charge in [0.1, 0.15) is 0 Å². The summed E-state index contributed by atoms with van der Waals surface area (Å²) >= 11 is 11.3. The first-order valence-electron chi connectivity index (χ1n) is 4.40. The van der Waals surface area contributed by atoms with Crippen LogP contribution in [-0.2, 0) is 0 Å². The summed E-state index contributed by atoms with van der Waals surface area (Å²) in [5.74, 6) is -0.325. The molecule has 2 aromatic rings. The summed E-state index contributed by atoms with van der Waals surface area (Å²) in [6.07, 6.45) is 1.42. The fraction of sp³-hybridized carbons (Fsp3) is 0. The molecular weight excluding hydrogens is 252 g/mol. The van der Waals surface area contributed by atoms with Crippen molar-refractivity contribution in [1.29, 1.82) is 0 Å². The number of halogens is 3. The molecule has 82 valence electrons. The lowest BCUT2D eigenvalue weighted by atomic mass is 10.3. The van der Waals surface area contributed by atoms with Crippen LogP contribution in [0.5, 0.6) is 11.6 Å². The van der Waals surface area contributed by atoms with Crippen molar-refractivity contribution >= 4 is 23.2 Å². The van der Waals surface area contributed by atoms with Crippen LogP contribution in [0.25, 0.3) is 0 Å². The van der Waals surface area contributed by atoms with E-state index in [1.165, 1.54) is 18.3 Å². The standard InChI is InChI=1S/C11H6Cl2FNO/c12-7-4-5-10(15-6-7)16-9-3-1-2-8(13)11(9)14/h1-6H. The Morgan fingerprint density at radius 3 is 2.62 bits per heavy atom. The lowest BCUT2D eigenvalue weighted by Crippen LogP contribution is -1.90. The van der Waals surface area contributed by atoms with E-state index >= 15 is 0 Å². The van der Waals surface area contributed by atoms with E-state index < -0.39 is 5.82 Å². The van der Waals surface area contributed by atoms with Gasteiger partial charge in [-0.3, -0.25) is 0 Å². The lowest BCUT2D eigenvalue weighted by molar-refractivity contribution is 0.428. The van der Waals surface area contributed by atoms with Gasteiger partial charge in [0.15, 0.2) is 11.6 Å². The van der Waals surface area contributed by atoms with Gasteiger partial charge in [-0.1, -0.05) is 29.3 Å². The van der Waals surface area contributed by atoms with E-state index in [0.29, 0.717) is 5.02 Å². The third-order valence-electron chi connectivity index (χ3n) is 1.83. The largest absolute Gasteiger partial charge is 0.436 e. The number of rotatable bonds is 2. The van der Waals surface area contributed by atoms with Crippen molar-refractivity contribution in [1.82, 2.24) is 4.98 Å². The fourth-order valence-electron chi connectivity index (χ4n) is 1.10. The highest BCUT2D eigenvalue weighted by Gasteiger charge is 2.08. The number of pyridine rings is 1. The normalized spacial score (nSPS) is 10.2. The second-order valence-electron chi connectivity index (χ2n) is 2.97. The Bertz CT molecular complexity index is 502. The van der Waals surface area contributed by atoms with Gasteiger partial charge in [-0.15, -0.1) is 0 Å². The molecule has 0 aliphatic heterocycles. The highest BCUT2D eigenvalue weighted by Crippen LogP contribution is 2.27. The minimum Gasteiger partial charge on any atom is -0.436 e. The Kier molecular flexibility index (Phi) is 3.27. The second-order valence-corrected chi connectivity index (χ2v) is 3.81. The van der Waals surface area contributed by atoms with Crippen LogP contribution in [0.15, 0.2) is 36.5 Å². The average molecular weight is 258 g/mol. The van der Waals surface area contributed by atoms with Crippen LogP contribution in [0.1, 0.15) is 0 Å². The van der Waals surface area contributed by atoms with Crippen molar-refractivity contribution < 1.29 is 9.13 Å². The maximum Gasteiger partial charge on any atom is 0.219 e. The Morgan fingerprint density at radius 1 is 1.12 bits per heavy atom. The quantitative estimate of drug-likeness (QED) is 0.800. The second kappa shape index (κ2) is 4.68. The van der Waals surface area contributed by atoms with Crippen molar-refractivity contribution in [3.05, 3.63) is 52.4 Å². The number of hydrogen-bond donors (Lipinski definition) is 0. The summed E-state index contributed by atoms with van der Waals surface area (Å²) in [6, 6.07) is 7.65. The van der Waals surface area contributed by atoms with Gasteiger partial charge in [0.2, 0.25) is 5.88 Å². The molecule has 0 fully saturated rings. The molecule has 0 aliphatic carbocycles. The van der Waals surface area contributed by atoms with E-state index in [2.05, 4.69) is 4.98 Å². The Hall–Kier alpha value is -1.32. The molecular formula is C11H6Cl2FNO. The predicted molar refractivity (Wildman–Crippen MR) is 60.7 cm³/mol. The number of benzene rings is 1. The highest BCUT2D eigenvalue weighted by molar-refractivity contribution is 6.31. The Morgan fingerprint density at radius 2 is 1.94 bits per heavy atom. The molecule has 0 atom stereocenters. The molecule has 2 rings (SSSR count). The molecule has 0 radical (unpaired) electrons. The number of aromatic nitrogens is 1. The SMILES string of the molecule is Fc1c(Cl)cccc1Oc1ccc(Cl)cn1. The zero-order chi connectivity index (χ0) is 11.5. The molecule has 0 saturated heterocycles. The third kappa shape index (κ3) is 2.43. The first-order valence-corrected chi connectivity index (χ1v) is 5.16. The fourth-order valence-corrected chi connectivity index (χ4v) is 1.38. The topological polar surface area (TPSA) is 22.1 Å². The summed E-state index contributed by atoms with van der Waals surface area (Å²) in [4.78, 5) is 3.88. The maximum atomic E-state index is 13.5. The predicted octanol–water partition coefficient (Wildman–Crippen LogP) is 4.32. The zero-order valence-electron chi connectivity index (χ0n) is 7.95. The van der Waals surface area contributed by atoms with E-state index in [-0.39, 0.29) is 16.7 Å². The van der Waals surface area contributed by atoms with Crippen LogP contribution in [0, 0.1) is 5.82 Å². The van der Waals surface area contributed by atoms with Gasteiger partial charge < -0.3 is 4.74 Å². The van der Waals surface area contributed by atoms with E-state index in [9.17, 15) is 4.39 Å². The highest BCUT2D eigenvalue weighted by atomic mass is 35.5. The minimum atomic E-state index is -0.610. The summed E-state index contributed by atoms with van der Waals surface area (Å²) in [7, 11) is 0. The molecule has 16 heavy (non-hydrogen) atoms. The van der Waals surface area contributed by atoms with Gasteiger partial charge >= 0.3 is 0 Å². The molecule has 0 spiro atoms. The van der Waals surface area contributed by atoms with Crippen LogP contribution < -0.4 is 4.74 Å². The molecule has 5 heteroatoms. The van der Waals surface area contributed by atoms with Crippen LogP contribution in [-0.4, -0.2) is 4.98 Å². The van der Waals surface area contributed by atoms with Crippen molar-refractivity contribution in [2.75, 3.05) is 0 Å². The number of ether oxygens (including phenoxy) is 1. The molecule has 0 aliphatic rings. The minimum absolute atomic E-state index is 0.00598. The summed E-state index contributed by atoms with van der Waals surface area (Å²) < 4.78 is 18.7. The van der Waals surface area contributed by atoms with Crippen molar-refractivity contribution in [3.8, 4) is 11.6 Å². The maximum absolute atomic E-state index is 13.5. The van der Waals surface area contributed by atoms with Crippen LogP contribution in [0.2, 0.25) is 10.0 Å². The summed E-state index contributed by atoms with van der Waals surface area (Å²) in [5.41, 5.74) is 0. The van der Waals surface area contributed by atoms with Crippen molar-refractivity contribution in [2.45, 2.75) is 0 Å². The van der Waals surface area contributed by atoms with Gasteiger partial charge in [0, 0.05) is 12.3 Å². The van der Waals surface area contributed by atoms with Gasteiger partial charge in [-0.2, -0.15) is 0 Å². The smallest absolute Gasteiger partial charge is 0.219 e. The van der Waals surface area contributed by atoms with Gasteiger partial charge in [0.25, 0.3) is 0 Å². The Labute approximate surface area is 102 Å². The van der Waals surface area contributed by atoms with Gasteiger partial charge in [-0.25, -0.2) is 9.37 Å². The first-order chi connectivity index (χ1) is 7.66. The molecule has 0 bridgehead atoms. The molecule has 1 aromatic carbocycles. The van der Waals surface area contributed by atoms with E-state index in [1.807, 2.05) is 0 Å². The number of hydrogen-bond acceptors (Lipinski definition) is 2. The summed E-state index contributed by atoms with van der Waals surface area (Å²) in [6.45, 7) is 0. The molecule has 0 saturated carbocycles. The molecule has 0 N–H and O–H groups in total. The monoisotopic (exact) mass is 257 g/mol. The molecule has 1 heterocycles. The molecule has 0 amide bonds. The van der Waals surface area contributed by atoms with Crippen LogP contribution in [0.3, 0.4) is 0 Å². The van der Waals surface area contributed by atoms with Gasteiger partial charge in [0.05, 0.1) is 10.0 Å². The molecule has 2 nitrogen and oxygen atoms in total. The van der Waals surface area contributed by atoms with Gasteiger partial charge in [-0.05, 0) is 18.2 Å². The van der Waals surface area contributed by atoms with E-state index in [0.717, 1.165) is 0 Å². The summed E-state index contributed by atoms with van der Waals surface area (Å²) in [5, 5.41) is 0.491. The number of nitrogens with zero attached hydrogens (tertiary/aromatic N) is 1. The van der Waals surface area contributed by atoms with E-state index in [4.69, 9.17) is 27.9 Å². The zero-order valence-corrected chi connectivity index (χ0v) is 9.47. The van der Waals surface area contributed by atoms with Crippen molar-refractivity contribution in [3.63, 3.8) is 0 Å². The van der Waals surface area contributed by atoms with Crippen molar-refractivity contribution in [2.24, 2.45) is 0 Å². The lowest BCUT2D eigenvalue weighted by Gasteiger charge is -2.06. The third-order valence-corrected chi connectivity index (χ3v) is 2.35. The van der Waals surface area contributed by atoms with Crippen LogP contribution >= 0.6 is 23.2 Å². The molecule has 1 aromatic heterocycles. The van der Waals surface area contributed by atoms with Crippen LogP contribution in [0.4, 0.5) is 4.39 Å². The average Bonchev–Trinajstić information content (AvgIpc) is 2.28. The Balaban J connectivity index is 2.27. The first kappa shape index (κ1) is 11.2. The van der Waals surface area contributed by atoms with E-state index in [1.54, 1.807) is 18.2 Å². The molecule has 0 unspecified atom stereocenters.